The van der Waals surface area contributed by atoms with Gasteiger partial charge in [-0.05, 0) is 54.8 Å². The molecular formula is C26H31N5O3S. The van der Waals surface area contributed by atoms with E-state index < -0.39 is 11.8 Å². The number of nitrogens with zero attached hydrogens (tertiary/aromatic N) is 3. The standard InChI is InChI=1S/C26H31N5O3S/c1-19(29-26(33)25(32)28-18-20-6-3-4-12-27-20)24(23-7-5-17-35-23)31-15-13-30(14-16-31)21-8-10-22(34-2)11-9-21/h3-12,17,19,24H,13-16,18H2,1-2H3,(H,28,32)(H,29,33)/t19-,24-/m1/s1. The summed E-state index contributed by atoms with van der Waals surface area (Å²) in [6.07, 6.45) is 1.66. The second-order valence-electron chi connectivity index (χ2n) is 8.45. The minimum atomic E-state index is -0.656. The molecule has 1 fully saturated rings. The molecule has 0 saturated carbocycles. The second kappa shape index (κ2) is 11.8. The lowest BCUT2D eigenvalue weighted by atomic mass is 10.0. The van der Waals surface area contributed by atoms with E-state index in [4.69, 9.17) is 4.74 Å². The van der Waals surface area contributed by atoms with Gasteiger partial charge in [0.05, 0.1) is 25.4 Å². The lowest BCUT2D eigenvalue weighted by Gasteiger charge is -2.42. The van der Waals surface area contributed by atoms with Gasteiger partial charge in [0.2, 0.25) is 0 Å². The van der Waals surface area contributed by atoms with Crippen molar-refractivity contribution in [3.63, 3.8) is 0 Å². The molecule has 1 aliphatic heterocycles. The van der Waals surface area contributed by atoms with Gasteiger partial charge >= 0.3 is 11.8 Å². The highest BCUT2D eigenvalue weighted by molar-refractivity contribution is 7.10. The topological polar surface area (TPSA) is 86.8 Å². The van der Waals surface area contributed by atoms with Crippen LogP contribution in [0.3, 0.4) is 0 Å². The summed E-state index contributed by atoms with van der Waals surface area (Å²) in [5.74, 6) is -0.442. The van der Waals surface area contributed by atoms with Crippen molar-refractivity contribution < 1.29 is 14.3 Å². The van der Waals surface area contributed by atoms with Gasteiger partial charge in [-0.1, -0.05) is 12.1 Å². The largest absolute Gasteiger partial charge is 0.497 e. The van der Waals surface area contributed by atoms with Crippen LogP contribution in [0.15, 0.2) is 66.2 Å². The first-order valence-electron chi connectivity index (χ1n) is 11.7. The SMILES string of the molecule is COc1ccc(N2CCN([C@@H](c3cccs3)[C@@H](C)NC(=O)C(=O)NCc3ccccn3)CC2)cc1. The van der Waals surface area contributed by atoms with Crippen molar-refractivity contribution in [1.29, 1.82) is 0 Å². The summed E-state index contributed by atoms with van der Waals surface area (Å²) in [7, 11) is 1.67. The summed E-state index contributed by atoms with van der Waals surface area (Å²) in [5.41, 5.74) is 1.87. The minimum absolute atomic E-state index is 0.0134. The van der Waals surface area contributed by atoms with Gasteiger partial charge < -0.3 is 20.3 Å². The third-order valence-corrected chi connectivity index (χ3v) is 7.12. The van der Waals surface area contributed by atoms with Crippen molar-refractivity contribution in [3.05, 3.63) is 76.7 Å². The lowest BCUT2D eigenvalue weighted by Crippen LogP contribution is -2.53. The lowest BCUT2D eigenvalue weighted by molar-refractivity contribution is -0.140. The second-order valence-corrected chi connectivity index (χ2v) is 9.43. The highest BCUT2D eigenvalue weighted by Crippen LogP contribution is 2.30. The number of piperazine rings is 1. The Morgan fingerprint density at radius 2 is 1.80 bits per heavy atom. The predicted octanol–water partition coefficient (Wildman–Crippen LogP) is 2.84. The van der Waals surface area contributed by atoms with E-state index in [2.05, 4.69) is 43.6 Å². The zero-order valence-electron chi connectivity index (χ0n) is 20.0. The number of amides is 2. The molecule has 0 unspecified atom stereocenters. The number of thiophene rings is 1. The van der Waals surface area contributed by atoms with Gasteiger partial charge in [0.15, 0.2) is 0 Å². The molecule has 3 aromatic rings. The first-order chi connectivity index (χ1) is 17.0. The number of hydrogen-bond acceptors (Lipinski definition) is 7. The summed E-state index contributed by atoms with van der Waals surface area (Å²) in [6.45, 7) is 5.62. The number of carbonyl (C=O) groups is 2. The van der Waals surface area contributed by atoms with E-state index >= 15 is 0 Å². The Morgan fingerprint density at radius 3 is 2.43 bits per heavy atom. The van der Waals surface area contributed by atoms with E-state index in [0.29, 0.717) is 5.69 Å². The van der Waals surface area contributed by atoms with Crippen LogP contribution in [0.2, 0.25) is 0 Å². The van der Waals surface area contributed by atoms with Gasteiger partial charge in [-0.25, -0.2) is 0 Å². The molecule has 1 saturated heterocycles. The molecule has 2 atom stereocenters. The third kappa shape index (κ3) is 6.37. The van der Waals surface area contributed by atoms with Gasteiger partial charge in [-0.3, -0.25) is 19.5 Å². The monoisotopic (exact) mass is 493 g/mol. The van der Waals surface area contributed by atoms with Crippen LogP contribution in [-0.2, 0) is 16.1 Å². The smallest absolute Gasteiger partial charge is 0.309 e. The molecule has 0 radical (unpaired) electrons. The molecule has 2 amide bonds. The number of aromatic nitrogens is 1. The van der Waals surface area contributed by atoms with Crippen LogP contribution < -0.4 is 20.3 Å². The molecule has 0 spiro atoms. The summed E-state index contributed by atoms with van der Waals surface area (Å²) in [5, 5.41) is 7.62. The highest BCUT2D eigenvalue weighted by Gasteiger charge is 2.32. The normalized spacial score (nSPS) is 15.8. The van der Waals surface area contributed by atoms with E-state index in [1.807, 2.05) is 36.6 Å². The first-order valence-corrected chi connectivity index (χ1v) is 12.6. The van der Waals surface area contributed by atoms with Gasteiger partial charge in [0.25, 0.3) is 0 Å². The predicted molar refractivity (Wildman–Crippen MR) is 138 cm³/mol. The quantitative estimate of drug-likeness (QED) is 0.470. The number of pyridine rings is 1. The molecule has 3 heterocycles. The van der Waals surface area contributed by atoms with Crippen LogP contribution in [-0.4, -0.2) is 61.0 Å². The van der Waals surface area contributed by atoms with Gasteiger partial charge in [0.1, 0.15) is 5.75 Å². The molecule has 0 bridgehead atoms. The molecule has 1 aliphatic rings. The van der Waals surface area contributed by atoms with Crippen molar-refractivity contribution in [1.82, 2.24) is 20.5 Å². The summed E-state index contributed by atoms with van der Waals surface area (Å²) < 4.78 is 5.27. The number of nitrogens with one attached hydrogen (secondary N) is 2. The molecule has 0 aliphatic carbocycles. The number of anilines is 1. The Morgan fingerprint density at radius 1 is 1.03 bits per heavy atom. The Kier molecular flexibility index (Phi) is 8.33. The Bertz CT molecular complexity index is 1080. The van der Waals surface area contributed by atoms with E-state index in [9.17, 15) is 9.59 Å². The number of hydrogen-bond donors (Lipinski definition) is 2. The Hall–Kier alpha value is -3.43. The fraction of sp³-hybridized carbons (Fsp3) is 0.346. The average Bonchev–Trinajstić information content (AvgIpc) is 3.43. The van der Waals surface area contributed by atoms with Crippen LogP contribution in [0.25, 0.3) is 0 Å². The third-order valence-electron chi connectivity index (χ3n) is 6.17. The molecule has 1 aromatic carbocycles. The van der Waals surface area contributed by atoms with E-state index in [0.717, 1.165) is 31.9 Å². The Labute approximate surface area is 209 Å². The molecule has 2 N–H and O–H groups in total. The molecule has 8 nitrogen and oxygen atoms in total. The van der Waals surface area contributed by atoms with Crippen LogP contribution in [0, 0.1) is 0 Å². The average molecular weight is 494 g/mol. The molecule has 9 heteroatoms. The van der Waals surface area contributed by atoms with Crippen molar-refractivity contribution in [2.24, 2.45) is 0 Å². The number of benzene rings is 1. The van der Waals surface area contributed by atoms with Crippen LogP contribution in [0.5, 0.6) is 5.75 Å². The first kappa shape index (κ1) is 24.7. The fourth-order valence-electron chi connectivity index (χ4n) is 4.36. The van der Waals surface area contributed by atoms with E-state index in [-0.39, 0.29) is 18.6 Å². The molecular weight excluding hydrogens is 462 g/mol. The minimum Gasteiger partial charge on any atom is -0.497 e. The molecule has 35 heavy (non-hydrogen) atoms. The Balaban J connectivity index is 1.36. The van der Waals surface area contributed by atoms with Crippen LogP contribution >= 0.6 is 11.3 Å². The summed E-state index contributed by atoms with van der Waals surface area (Å²) >= 11 is 1.67. The highest BCUT2D eigenvalue weighted by atomic mass is 32.1. The van der Waals surface area contributed by atoms with Gasteiger partial charge in [-0.15, -0.1) is 11.3 Å². The molecule has 4 rings (SSSR count). The zero-order valence-corrected chi connectivity index (χ0v) is 20.8. The van der Waals surface area contributed by atoms with Crippen LogP contribution in [0.1, 0.15) is 23.5 Å². The number of carbonyl (C=O) groups excluding carboxylic acids is 2. The number of rotatable bonds is 8. The summed E-state index contributed by atoms with van der Waals surface area (Å²) in [4.78, 5) is 35.1. The van der Waals surface area contributed by atoms with Crippen molar-refractivity contribution in [3.8, 4) is 5.75 Å². The van der Waals surface area contributed by atoms with Gasteiger partial charge in [0, 0.05) is 49.0 Å². The molecule has 184 valence electrons. The summed E-state index contributed by atoms with van der Waals surface area (Å²) in [6, 6.07) is 17.4. The number of ether oxygens (including phenoxy) is 1. The van der Waals surface area contributed by atoms with Gasteiger partial charge in [-0.2, -0.15) is 0 Å². The van der Waals surface area contributed by atoms with E-state index in [1.54, 1.807) is 36.8 Å². The maximum absolute atomic E-state index is 12.6. The van der Waals surface area contributed by atoms with Crippen molar-refractivity contribution >= 4 is 28.8 Å². The van der Waals surface area contributed by atoms with Crippen molar-refractivity contribution in [2.45, 2.75) is 25.6 Å². The maximum atomic E-state index is 12.6. The van der Waals surface area contributed by atoms with Crippen molar-refractivity contribution in [2.75, 3.05) is 38.2 Å². The fourth-order valence-corrected chi connectivity index (χ4v) is 5.32. The maximum Gasteiger partial charge on any atom is 0.309 e. The zero-order chi connectivity index (χ0) is 24.6. The number of methoxy groups -OCH3 is 1. The van der Waals surface area contributed by atoms with E-state index in [1.165, 1.54) is 10.6 Å². The van der Waals surface area contributed by atoms with Crippen LogP contribution in [0.4, 0.5) is 5.69 Å². The molecule has 2 aromatic heterocycles.